The largest absolute Gasteiger partial charge is 0.482 e. The number of carbonyl (C=O) groups is 3. The van der Waals surface area contributed by atoms with Crippen LogP contribution in [0.2, 0.25) is 0 Å². The van der Waals surface area contributed by atoms with E-state index in [1.165, 1.54) is 29.2 Å². The van der Waals surface area contributed by atoms with Gasteiger partial charge in [-0.15, -0.1) is 11.8 Å². The fourth-order valence-electron chi connectivity index (χ4n) is 7.42. The van der Waals surface area contributed by atoms with Crippen molar-refractivity contribution in [3.8, 4) is 5.75 Å². The summed E-state index contributed by atoms with van der Waals surface area (Å²) in [6, 6.07) is 12.9. The average molecular weight is 581 g/mol. The molecule has 2 saturated carbocycles. The van der Waals surface area contributed by atoms with E-state index in [1.54, 1.807) is 24.8 Å². The molecule has 7 atom stereocenters. The summed E-state index contributed by atoms with van der Waals surface area (Å²) in [7, 11) is 0. The smallest absolute Gasteiger partial charge is 0.344 e. The van der Waals surface area contributed by atoms with Crippen LogP contribution < -0.4 is 14.5 Å². The second-order valence-electron chi connectivity index (χ2n) is 10.6. The summed E-state index contributed by atoms with van der Waals surface area (Å²) in [4.78, 5) is 57.1. The number of H-pyrrole nitrogens is 1. The molecule has 40 heavy (non-hydrogen) atoms. The van der Waals surface area contributed by atoms with Crippen molar-refractivity contribution in [3.05, 3.63) is 74.5 Å². The van der Waals surface area contributed by atoms with E-state index in [1.807, 2.05) is 18.2 Å². The Bertz CT molecular complexity index is 1590. The molecule has 7 rings (SSSR count). The van der Waals surface area contributed by atoms with Crippen LogP contribution in [0.5, 0.6) is 5.75 Å². The number of halogens is 1. The average Bonchev–Trinajstić information content (AvgIpc) is 3.67. The van der Waals surface area contributed by atoms with E-state index < -0.39 is 23.6 Å². The second kappa shape index (κ2) is 9.59. The highest BCUT2D eigenvalue weighted by Gasteiger charge is 2.69. The summed E-state index contributed by atoms with van der Waals surface area (Å²) in [6.45, 7) is 1.74. The number of para-hydroxylation sites is 1. The van der Waals surface area contributed by atoms with E-state index in [0.29, 0.717) is 11.4 Å². The number of fused-ring (bicyclic) bond motifs is 9. The van der Waals surface area contributed by atoms with Gasteiger partial charge in [-0.2, -0.15) is 0 Å². The molecule has 0 spiro atoms. The molecule has 8 nitrogen and oxygen atoms in total. The van der Waals surface area contributed by atoms with Crippen LogP contribution in [-0.4, -0.2) is 41.2 Å². The first-order valence-corrected chi connectivity index (χ1v) is 15.0. The first-order chi connectivity index (χ1) is 19.4. The molecule has 1 aromatic heterocycles. The molecular formula is C29H25FN2O6S2. The Balaban J connectivity index is 1.28. The number of thiazole rings is 1. The van der Waals surface area contributed by atoms with Crippen molar-refractivity contribution in [1.29, 1.82) is 0 Å². The van der Waals surface area contributed by atoms with Gasteiger partial charge in [0.2, 0.25) is 11.8 Å². The normalized spacial score (nSPS) is 29.8. The van der Waals surface area contributed by atoms with Gasteiger partial charge in [-0.25, -0.2) is 9.18 Å². The van der Waals surface area contributed by atoms with Crippen LogP contribution in [-0.2, 0) is 19.1 Å². The number of nitrogens with zero attached hydrogens (tertiary/aromatic N) is 1. The summed E-state index contributed by atoms with van der Waals surface area (Å²) >= 11 is 2.76. The molecule has 3 heterocycles. The van der Waals surface area contributed by atoms with Crippen LogP contribution in [0.1, 0.15) is 29.7 Å². The van der Waals surface area contributed by atoms with Crippen molar-refractivity contribution in [2.45, 2.75) is 29.5 Å². The number of amides is 2. The summed E-state index contributed by atoms with van der Waals surface area (Å²) in [5.41, 5.74) is 1.23. The minimum atomic E-state index is -0.475. The van der Waals surface area contributed by atoms with E-state index in [4.69, 9.17) is 9.47 Å². The fraction of sp³-hybridized carbons (Fsp3) is 0.379. The number of hydrogen-bond donors (Lipinski definition) is 1. The maximum Gasteiger partial charge on any atom is 0.344 e. The van der Waals surface area contributed by atoms with E-state index in [2.05, 4.69) is 4.98 Å². The molecule has 2 aliphatic carbocycles. The monoisotopic (exact) mass is 580 g/mol. The van der Waals surface area contributed by atoms with Crippen LogP contribution >= 0.6 is 23.1 Å². The molecule has 11 heteroatoms. The highest BCUT2D eigenvalue weighted by molar-refractivity contribution is 8.00. The molecule has 3 fully saturated rings. The molecule has 2 aliphatic heterocycles. The molecule has 3 aromatic rings. The van der Waals surface area contributed by atoms with Crippen molar-refractivity contribution in [3.63, 3.8) is 0 Å². The number of aromatic amines is 1. The zero-order valence-electron chi connectivity index (χ0n) is 21.4. The SMILES string of the molecule is CCOC(=O)COc1ccccc1[C@@H]1c2sc(=O)[nH]c2S[C@@H]2[C@@H]3C[C@@H]([C@@H]4C(=O)N(c5ccc(F)cc5)C(=O)[C@@H]34)[C@H]12. The number of ether oxygens (including phenoxy) is 2. The Morgan fingerprint density at radius 2 is 1.77 bits per heavy atom. The van der Waals surface area contributed by atoms with Crippen LogP contribution in [0, 0.1) is 35.4 Å². The van der Waals surface area contributed by atoms with Crippen molar-refractivity contribution >= 4 is 46.6 Å². The highest BCUT2D eigenvalue weighted by Crippen LogP contribution is 2.69. The second-order valence-corrected chi connectivity index (χ2v) is 12.8. The number of thioether (sulfide) groups is 1. The van der Waals surface area contributed by atoms with Gasteiger partial charge in [0.25, 0.3) is 0 Å². The van der Waals surface area contributed by atoms with Crippen LogP contribution in [0.4, 0.5) is 10.1 Å². The summed E-state index contributed by atoms with van der Waals surface area (Å²) < 4.78 is 24.6. The molecule has 0 radical (unpaired) electrons. The summed E-state index contributed by atoms with van der Waals surface area (Å²) in [5.74, 6) is -2.16. The van der Waals surface area contributed by atoms with Gasteiger partial charge in [0.1, 0.15) is 11.6 Å². The van der Waals surface area contributed by atoms with Gasteiger partial charge in [0, 0.05) is 21.6 Å². The molecule has 0 unspecified atom stereocenters. The van der Waals surface area contributed by atoms with Crippen molar-refractivity contribution in [2.75, 3.05) is 18.1 Å². The lowest BCUT2D eigenvalue weighted by molar-refractivity contribution is -0.145. The van der Waals surface area contributed by atoms with Crippen molar-refractivity contribution in [1.82, 2.24) is 4.98 Å². The first-order valence-electron chi connectivity index (χ1n) is 13.3. The third-order valence-electron chi connectivity index (χ3n) is 8.71. The van der Waals surface area contributed by atoms with E-state index in [9.17, 15) is 23.6 Å². The molecule has 206 valence electrons. The number of rotatable bonds is 6. The fourth-order valence-corrected chi connectivity index (χ4v) is 10.3. The Hall–Kier alpha value is -3.44. The molecular weight excluding hydrogens is 555 g/mol. The van der Waals surface area contributed by atoms with Crippen LogP contribution in [0.3, 0.4) is 0 Å². The maximum atomic E-state index is 13.8. The Labute approximate surface area is 236 Å². The van der Waals surface area contributed by atoms with Gasteiger partial charge in [0.05, 0.1) is 29.2 Å². The topological polar surface area (TPSA) is 106 Å². The van der Waals surface area contributed by atoms with Gasteiger partial charge >= 0.3 is 10.8 Å². The predicted molar refractivity (Wildman–Crippen MR) is 146 cm³/mol. The number of imide groups is 1. The maximum absolute atomic E-state index is 13.8. The Kier molecular flexibility index (Phi) is 6.12. The lowest BCUT2D eigenvalue weighted by Crippen LogP contribution is -2.42. The van der Waals surface area contributed by atoms with Gasteiger partial charge < -0.3 is 14.5 Å². The molecule has 4 aliphatic rings. The number of nitrogens with one attached hydrogen (secondary N) is 1. The minimum absolute atomic E-state index is 0.0111. The molecule has 2 amide bonds. The summed E-state index contributed by atoms with van der Waals surface area (Å²) in [5, 5.41) is 0.801. The van der Waals surface area contributed by atoms with E-state index >= 15 is 0 Å². The van der Waals surface area contributed by atoms with Gasteiger partial charge in [0.15, 0.2) is 6.61 Å². The van der Waals surface area contributed by atoms with E-state index in [-0.39, 0.29) is 58.8 Å². The standard InChI is InChI=1S/C29H25FN2O6S2/c1-2-37-19(33)12-38-18-6-4-3-5-15(18)20-21-16-11-17(24(21)39-26-25(20)40-29(36)31-26)23-22(16)27(34)32(28(23)35)14-9-7-13(30)8-10-14/h3-10,16-17,20-24H,2,11-12H2,1H3,(H,31,36)/t16-,17-,20+,21-,22+,23+,24-/m1/s1. The van der Waals surface area contributed by atoms with Crippen LogP contribution in [0.15, 0.2) is 58.4 Å². The lowest BCUT2D eigenvalue weighted by atomic mass is 9.68. The van der Waals surface area contributed by atoms with Crippen molar-refractivity contribution < 1.29 is 28.2 Å². The summed E-state index contributed by atoms with van der Waals surface area (Å²) in [6.07, 6.45) is 0.744. The van der Waals surface area contributed by atoms with Gasteiger partial charge in [-0.1, -0.05) is 29.5 Å². The highest BCUT2D eigenvalue weighted by atomic mass is 32.2. The molecule has 1 saturated heterocycles. The van der Waals surface area contributed by atoms with Crippen LogP contribution in [0.25, 0.3) is 0 Å². The third-order valence-corrected chi connectivity index (χ3v) is 11.3. The zero-order chi connectivity index (χ0) is 27.7. The third kappa shape index (κ3) is 3.77. The lowest BCUT2D eigenvalue weighted by Gasteiger charge is -2.43. The minimum Gasteiger partial charge on any atom is -0.482 e. The first kappa shape index (κ1) is 25.5. The van der Waals surface area contributed by atoms with Crippen molar-refractivity contribution in [2.24, 2.45) is 29.6 Å². The Morgan fingerprint density at radius 1 is 1.05 bits per heavy atom. The molecule has 2 aromatic carbocycles. The number of benzene rings is 2. The number of anilines is 1. The van der Waals surface area contributed by atoms with E-state index in [0.717, 1.165) is 33.2 Å². The predicted octanol–water partition coefficient (Wildman–Crippen LogP) is 4.20. The number of aromatic nitrogens is 1. The van der Waals surface area contributed by atoms with Gasteiger partial charge in [-0.3, -0.25) is 19.3 Å². The zero-order valence-corrected chi connectivity index (χ0v) is 23.0. The number of carbonyl (C=O) groups excluding carboxylic acids is 3. The molecule has 2 bridgehead atoms. The quantitative estimate of drug-likeness (QED) is 0.344. The Morgan fingerprint density at radius 3 is 2.52 bits per heavy atom. The molecule has 1 N–H and O–H groups in total. The number of hydrogen-bond acceptors (Lipinski definition) is 8. The number of esters is 1. The van der Waals surface area contributed by atoms with Gasteiger partial charge in [-0.05, 0) is 61.4 Å².